The normalized spacial score (nSPS) is 13.4. The fourth-order valence-corrected chi connectivity index (χ4v) is 9.80. The van der Waals surface area contributed by atoms with Crippen molar-refractivity contribution in [2.75, 3.05) is 4.90 Å². The fraction of sp³-hybridized carbons (Fsp3) is 0.0370. The van der Waals surface area contributed by atoms with E-state index in [0.717, 1.165) is 29.9 Å². The smallest absolute Gasteiger partial charge is 0.0539 e. The van der Waals surface area contributed by atoms with Gasteiger partial charge in [-0.2, -0.15) is 0 Å². The molecule has 3 aliphatic carbocycles. The van der Waals surface area contributed by atoms with Crippen LogP contribution in [0.15, 0.2) is 188 Å². The first kappa shape index (κ1) is 31.2. The van der Waals surface area contributed by atoms with Gasteiger partial charge in [-0.1, -0.05) is 146 Å². The van der Waals surface area contributed by atoms with Crippen molar-refractivity contribution in [1.82, 2.24) is 4.57 Å². The molecule has 0 spiro atoms. The molecule has 0 fully saturated rings. The Kier molecular flexibility index (Phi) is 6.79. The molecule has 1 heterocycles. The van der Waals surface area contributed by atoms with Crippen LogP contribution in [0.5, 0.6) is 0 Å². The van der Waals surface area contributed by atoms with E-state index >= 15 is 0 Å². The molecular formula is C54H36N2. The zero-order valence-electron chi connectivity index (χ0n) is 30.8. The lowest BCUT2D eigenvalue weighted by molar-refractivity contribution is 0.892. The first-order chi connectivity index (χ1) is 27.8. The molecule has 0 bridgehead atoms. The van der Waals surface area contributed by atoms with Gasteiger partial charge in [0.1, 0.15) is 0 Å². The lowest BCUT2D eigenvalue weighted by Crippen LogP contribution is -2.10. The topological polar surface area (TPSA) is 8.17 Å². The van der Waals surface area contributed by atoms with Crippen LogP contribution in [0.25, 0.3) is 66.8 Å². The van der Waals surface area contributed by atoms with Crippen LogP contribution in [0.1, 0.15) is 39.9 Å². The number of rotatable bonds is 4. The van der Waals surface area contributed by atoms with Crippen molar-refractivity contribution in [3.8, 4) is 27.9 Å². The Balaban J connectivity index is 1.09. The lowest BCUT2D eigenvalue weighted by atomic mass is 9.91. The maximum Gasteiger partial charge on any atom is 0.0539 e. The first-order valence-electron chi connectivity index (χ1n) is 19.7. The monoisotopic (exact) mass is 712 g/mol. The van der Waals surface area contributed by atoms with Gasteiger partial charge in [0.15, 0.2) is 0 Å². The molecule has 56 heavy (non-hydrogen) atoms. The second-order valence-electron chi connectivity index (χ2n) is 15.1. The number of hydrogen-bond donors (Lipinski definition) is 0. The van der Waals surface area contributed by atoms with Gasteiger partial charge in [-0.05, 0) is 122 Å². The van der Waals surface area contributed by atoms with Gasteiger partial charge in [0.05, 0.1) is 11.2 Å². The summed E-state index contributed by atoms with van der Waals surface area (Å²) in [6.07, 6.45) is 6.74. The summed E-state index contributed by atoms with van der Waals surface area (Å²) in [7, 11) is 0. The Hall–Kier alpha value is -7.16. The minimum Gasteiger partial charge on any atom is -0.312 e. The molecule has 2 nitrogen and oxygen atoms in total. The summed E-state index contributed by atoms with van der Waals surface area (Å²) in [4.78, 5) is 2.44. The standard InChI is InChI=1S/C54H36N2/c1-2-17-36(18-3-1)55(38-30-32-52-48(33-38)44-23-12-13-27-51(44)56(52)50-28-14-16-35-15-4-5-19-39(35)50)37-29-31-43-42-22-8-11-26-47(42)54(49(43)34-37)53-45-24-9-6-20-40(45)41-21-7-10-25-46(41)53/h1-12,14-26,28-34H,13,27H2. The molecule has 0 unspecified atom stereocenters. The third-order valence-corrected chi connectivity index (χ3v) is 12.2. The summed E-state index contributed by atoms with van der Waals surface area (Å²) in [6, 6.07) is 67.2. The molecule has 262 valence electrons. The van der Waals surface area contributed by atoms with Crippen molar-refractivity contribution in [1.29, 1.82) is 0 Å². The molecule has 2 heteroatoms. The van der Waals surface area contributed by atoms with Crippen molar-refractivity contribution < 1.29 is 0 Å². The van der Waals surface area contributed by atoms with E-state index in [1.54, 1.807) is 0 Å². The fourth-order valence-electron chi connectivity index (χ4n) is 9.80. The van der Waals surface area contributed by atoms with E-state index in [1.165, 1.54) is 94.3 Å². The van der Waals surface area contributed by atoms with Gasteiger partial charge >= 0.3 is 0 Å². The summed E-state index contributed by atoms with van der Waals surface area (Å²) in [5.74, 6) is 0. The van der Waals surface area contributed by atoms with Gasteiger partial charge in [0, 0.05) is 39.1 Å². The third kappa shape index (κ3) is 4.50. The second kappa shape index (κ2) is 12.2. The Labute approximate surface area is 326 Å². The second-order valence-corrected chi connectivity index (χ2v) is 15.1. The Bertz CT molecular complexity index is 3090. The van der Waals surface area contributed by atoms with Crippen LogP contribution in [0, 0.1) is 0 Å². The number of allylic oxidation sites excluding steroid dienone is 1. The first-order valence-corrected chi connectivity index (χ1v) is 19.7. The van der Waals surface area contributed by atoms with Crippen LogP contribution in [0.3, 0.4) is 0 Å². The molecule has 0 N–H and O–H groups in total. The van der Waals surface area contributed by atoms with Crippen molar-refractivity contribution in [3.05, 3.63) is 222 Å². The Morgan fingerprint density at radius 2 is 0.982 bits per heavy atom. The van der Waals surface area contributed by atoms with Crippen molar-refractivity contribution in [3.63, 3.8) is 0 Å². The van der Waals surface area contributed by atoms with E-state index in [2.05, 4.69) is 204 Å². The summed E-state index contributed by atoms with van der Waals surface area (Å²) >= 11 is 0. The highest BCUT2D eigenvalue weighted by atomic mass is 15.1. The number of hydrogen-bond acceptors (Lipinski definition) is 1. The SMILES string of the molecule is C1=Cc2c(n(-c3cccc4ccccc34)c3ccc(N(c4ccccc4)c4ccc5c(c4)C(=C4c6ccccc6-c6ccccc64)c4ccccc4-5)cc23)CC1. The van der Waals surface area contributed by atoms with Gasteiger partial charge in [-0.3, -0.25) is 0 Å². The molecule has 8 aromatic carbocycles. The van der Waals surface area contributed by atoms with Crippen LogP contribution in [0.4, 0.5) is 17.1 Å². The van der Waals surface area contributed by atoms with Crippen LogP contribution in [-0.2, 0) is 6.42 Å². The number of fused-ring (bicyclic) bond motifs is 10. The molecule has 0 radical (unpaired) electrons. The van der Waals surface area contributed by atoms with Gasteiger partial charge < -0.3 is 9.47 Å². The number of aromatic nitrogens is 1. The Morgan fingerprint density at radius 3 is 1.71 bits per heavy atom. The van der Waals surface area contributed by atoms with Gasteiger partial charge in [0.25, 0.3) is 0 Å². The molecule has 0 atom stereocenters. The van der Waals surface area contributed by atoms with Crippen molar-refractivity contribution in [2.45, 2.75) is 12.8 Å². The van der Waals surface area contributed by atoms with Gasteiger partial charge in [-0.15, -0.1) is 0 Å². The lowest BCUT2D eigenvalue weighted by Gasteiger charge is -2.26. The number of anilines is 3. The summed E-state index contributed by atoms with van der Waals surface area (Å²) in [6.45, 7) is 0. The highest BCUT2D eigenvalue weighted by Crippen LogP contribution is 2.55. The molecular weight excluding hydrogens is 677 g/mol. The van der Waals surface area contributed by atoms with Crippen LogP contribution in [-0.4, -0.2) is 4.57 Å². The zero-order valence-corrected chi connectivity index (χ0v) is 30.8. The largest absolute Gasteiger partial charge is 0.312 e. The summed E-state index contributed by atoms with van der Waals surface area (Å²) in [5.41, 5.74) is 21.6. The van der Waals surface area contributed by atoms with E-state index in [1.807, 2.05) is 0 Å². The van der Waals surface area contributed by atoms with Crippen LogP contribution in [0.2, 0.25) is 0 Å². The quantitative estimate of drug-likeness (QED) is 0.176. The minimum atomic E-state index is 1.01. The van der Waals surface area contributed by atoms with E-state index < -0.39 is 0 Å². The summed E-state index contributed by atoms with van der Waals surface area (Å²) in [5, 5.41) is 3.81. The van der Waals surface area contributed by atoms with Crippen molar-refractivity contribution in [2.24, 2.45) is 0 Å². The van der Waals surface area contributed by atoms with Crippen LogP contribution >= 0.6 is 0 Å². The highest BCUT2D eigenvalue weighted by molar-refractivity contribution is 6.19. The highest BCUT2D eigenvalue weighted by Gasteiger charge is 2.33. The third-order valence-electron chi connectivity index (χ3n) is 12.2. The average molecular weight is 713 g/mol. The van der Waals surface area contributed by atoms with Crippen molar-refractivity contribution >= 4 is 56.0 Å². The predicted octanol–water partition coefficient (Wildman–Crippen LogP) is 14.2. The Morgan fingerprint density at radius 1 is 0.411 bits per heavy atom. The molecule has 3 aliphatic rings. The predicted molar refractivity (Wildman–Crippen MR) is 235 cm³/mol. The molecule has 9 aromatic rings. The van der Waals surface area contributed by atoms with E-state index in [4.69, 9.17) is 0 Å². The number of para-hydroxylation sites is 1. The molecule has 0 amide bonds. The molecule has 1 aromatic heterocycles. The molecule has 12 rings (SSSR count). The minimum absolute atomic E-state index is 1.01. The van der Waals surface area contributed by atoms with Gasteiger partial charge in [0.2, 0.25) is 0 Å². The average Bonchev–Trinajstić information content (AvgIpc) is 3.89. The van der Waals surface area contributed by atoms with E-state index in [9.17, 15) is 0 Å². The zero-order chi connectivity index (χ0) is 36.7. The number of benzene rings is 8. The van der Waals surface area contributed by atoms with E-state index in [0.29, 0.717) is 0 Å². The molecule has 0 aliphatic heterocycles. The van der Waals surface area contributed by atoms with Gasteiger partial charge in [-0.25, -0.2) is 0 Å². The molecule has 0 saturated carbocycles. The number of nitrogens with zero attached hydrogens (tertiary/aromatic N) is 2. The van der Waals surface area contributed by atoms with Crippen LogP contribution < -0.4 is 4.90 Å². The maximum atomic E-state index is 2.52. The summed E-state index contributed by atoms with van der Waals surface area (Å²) < 4.78 is 2.52. The maximum absolute atomic E-state index is 2.52. The van der Waals surface area contributed by atoms with E-state index in [-0.39, 0.29) is 0 Å². The molecule has 0 saturated heterocycles.